The van der Waals surface area contributed by atoms with Crippen LogP contribution in [0.15, 0.2) is 47.0 Å². The Morgan fingerprint density at radius 1 is 1.22 bits per heavy atom. The Balaban J connectivity index is 1.46. The van der Waals surface area contributed by atoms with Crippen LogP contribution in [0.25, 0.3) is 11.4 Å². The van der Waals surface area contributed by atoms with E-state index in [2.05, 4.69) is 10.1 Å². The quantitative estimate of drug-likeness (QED) is 0.704. The maximum absolute atomic E-state index is 13.8. The average Bonchev–Trinajstić information content (AvgIpc) is 3.09. The highest BCUT2D eigenvalue weighted by molar-refractivity contribution is 5.95. The summed E-state index contributed by atoms with van der Waals surface area (Å²) in [5, 5.41) is 3.98. The zero-order chi connectivity index (χ0) is 19.0. The molecule has 138 valence electrons. The summed E-state index contributed by atoms with van der Waals surface area (Å²) in [6, 6.07) is 10.2. The average molecular weight is 371 g/mol. The lowest BCUT2D eigenvalue weighted by molar-refractivity contribution is 0.0564. The molecule has 1 amide bonds. The molecule has 2 heterocycles. The fourth-order valence-electron chi connectivity index (χ4n) is 2.97. The number of benzene rings is 2. The van der Waals surface area contributed by atoms with Crippen molar-refractivity contribution in [2.75, 3.05) is 20.2 Å². The van der Waals surface area contributed by atoms with Crippen molar-refractivity contribution in [3.63, 3.8) is 0 Å². The molecule has 1 aromatic heterocycles. The second-order valence-electron chi connectivity index (χ2n) is 6.19. The fraction of sp³-hybridized carbons (Fsp3) is 0.211. The highest BCUT2D eigenvalue weighted by atomic mass is 19.1. The molecule has 1 fully saturated rings. The second kappa shape index (κ2) is 6.79. The molecule has 3 aromatic rings. The number of para-hydroxylation sites is 1. The number of aromatic nitrogens is 2. The Labute approximate surface area is 153 Å². The molecular formula is C19H15F2N3O3. The van der Waals surface area contributed by atoms with Gasteiger partial charge in [0.1, 0.15) is 17.4 Å². The molecule has 0 aliphatic carbocycles. The number of carbonyl (C=O) groups excluding carboxylic acids is 1. The lowest BCUT2D eigenvalue weighted by Gasteiger charge is -2.37. The molecule has 0 bridgehead atoms. The number of hydrogen-bond acceptors (Lipinski definition) is 5. The number of amides is 1. The van der Waals surface area contributed by atoms with Crippen molar-refractivity contribution in [3.05, 3.63) is 65.6 Å². The summed E-state index contributed by atoms with van der Waals surface area (Å²) in [5.74, 6) is -0.792. The van der Waals surface area contributed by atoms with Gasteiger partial charge in [0, 0.05) is 19.2 Å². The van der Waals surface area contributed by atoms with Gasteiger partial charge in [-0.05, 0) is 24.3 Å². The van der Waals surface area contributed by atoms with E-state index < -0.39 is 17.5 Å². The van der Waals surface area contributed by atoms with Crippen molar-refractivity contribution in [1.29, 1.82) is 0 Å². The molecule has 0 saturated carbocycles. The second-order valence-corrected chi connectivity index (χ2v) is 6.19. The van der Waals surface area contributed by atoms with Crippen LogP contribution in [-0.4, -0.2) is 41.1 Å². The number of halogens is 2. The van der Waals surface area contributed by atoms with E-state index in [1.165, 1.54) is 4.90 Å². The summed E-state index contributed by atoms with van der Waals surface area (Å²) in [5.41, 5.74) is 0.547. The predicted molar refractivity (Wildman–Crippen MR) is 91.3 cm³/mol. The molecule has 8 heteroatoms. The first-order valence-electron chi connectivity index (χ1n) is 8.28. The normalized spacial score (nSPS) is 14.1. The monoisotopic (exact) mass is 371 g/mol. The van der Waals surface area contributed by atoms with E-state index in [9.17, 15) is 13.6 Å². The van der Waals surface area contributed by atoms with Crippen molar-refractivity contribution >= 4 is 5.91 Å². The minimum atomic E-state index is -0.875. The Bertz CT molecular complexity index is 999. The van der Waals surface area contributed by atoms with Gasteiger partial charge >= 0.3 is 0 Å². The van der Waals surface area contributed by atoms with E-state index in [-0.39, 0.29) is 11.5 Å². The highest BCUT2D eigenvalue weighted by Crippen LogP contribution is 2.32. The summed E-state index contributed by atoms with van der Waals surface area (Å²) in [7, 11) is 1.56. The first-order chi connectivity index (χ1) is 13.1. The first kappa shape index (κ1) is 17.1. The molecule has 0 unspecified atom stereocenters. The van der Waals surface area contributed by atoms with Crippen LogP contribution in [-0.2, 0) is 0 Å². The van der Waals surface area contributed by atoms with Crippen molar-refractivity contribution in [1.82, 2.24) is 15.0 Å². The first-order valence-corrected chi connectivity index (χ1v) is 8.28. The number of likely N-dealkylation sites (tertiary alicyclic amines) is 1. The zero-order valence-corrected chi connectivity index (χ0v) is 14.4. The van der Waals surface area contributed by atoms with E-state index in [1.54, 1.807) is 13.2 Å². The summed E-state index contributed by atoms with van der Waals surface area (Å²) in [6.07, 6.45) is 0. The molecule has 0 spiro atoms. The van der Waals surface area contributed by atoms with Crippen molar-refractivity contribution in [2.24, 2.45) is 0 Å². The lowest BCUT2D eigenvalue weighted by atomic mass is 9.98. The third kappa shape index (κ3) is 3.14. The Morgan fingerprint density at radius 2 is 2.00 bits per heavy atom. The maximum atomic E-state index is 13.8. The number of methoxy groups -OCH3 is 1. The van der Waals surface area contributed by atoms with Crippen LogP contribution in [0.5, 0.6) is 5.75 Å². The van der Waals surface area contributed by atoms with Crippen LogP contribution in [0.2, 0.25) is 0 Å². The summed E-state index contributed by atoms with van der Waals surface area (Å²) in [4.78, 5) is 18.2. The van der Waals surface area contributed by atoms with Gasteiger partial charge in [-0.3, -0.25) is 4.79 Å². The van der Waals surface area contributed by atoms with Gasteiger partial charge in [-0.2, -0.15) is 4.98 Å². The van der Waals surface area contributed by atoms with Gasteiger partial charge in [0.15, 0.2) is 0 Å². The van der Waals surface area contributed by atoms with Crippen LogP contribution in [0.4, 0.5) is 8.78 Å². The van der Waals surface area contributed by atoms with Gasteiger partial charge in [-0.25, -0.2) is 8.78 Å². The van der Waals surface area contributed by atoms with Crippen molar-refractivity contribution in [2.45, 2.75) is 5.92 Å². The largest absolute Gasteiger partial charge is 0.496 e. The van der Waals surface area contributed by atoms with E-state index in [0.717, 1.165) is 12.1 Å². The van der Waals surface area contributed by atoms with Crippen LogP contribution in [0, 0.1) is 11.6 Å². The van der Waals surface area contributed by atoms with Gasteiger partial charge in [0.2, 0.25) is 11.7 Å². The lowest BCUT2D eigenvalue weighted by Crippen LogP contribution is -2.48. The number of nitrogens with zero attached hydrogens (tertiary/aromatic N) is 3. The molecule has 6 nitrogen and oxygen atoms in total. The van der Waals surface area contributed by atoms with E-state index in [4.69, 9.17) is 9.26 Å². The van der Waals surface area contributed by atoms with E-state index in [1.807, 2.05) is 18.2 Å². The summed E-state index contributed by atoms with van der Waals surface area (Å²) >= 11 is 0. The third-order valence-corrected chi connectivity index (χ3v) is 4.47. The molecule has 2 aromatic carbocycles. The molecule has 0 radical (unpaired) electrons. The zero-order valence-electron chi connectivity index (χ0n) is 14.4. The molecule has 27 heavy (non-hydrogen) atoms. The molecule has 4 rings (SSSR count). The van der Waals surface area contributed by atoms with Crippen LogP contribution in [0.1, 0.15) is 22.2 Å². The van der Waals surface area contributed by atoms with Crippen LogP contribution >= 0.6 is 0 Å². The van der Waals surface area contributed by atoms with Gasteiger partial charge < -0.3 is 14.2 Å². The SMILES string of the molecule is COc1ccccc1-c1noc(C2CN(C(=O)c3ccc(F)cc3F)C2)n1. The number of hydrogen-bond donors (Lipinski definition) is 0. The molecule has 0 atom stereocenters. The maximum Gasteiger partial charge on any atom is 0.256 e. The van der Waals surface area contributed by atoms with Crippen LogP contribution in [0.3, 0.4) is 0 Å². The number of rotatable bonds is 4. The van der Waals surface area contributed by atoms with Crippen LogP contribution < -0.4 is 4.74 Å². The Kier molecular flexibility index (Phi) is 4.31. The Morgan fingerprint density at radius 3 is 2.74 bits per heavy atom. The number of carbonyl (C=O) groups is 1. The number of ether oxygens (including phenoxy) is 1. The van der Waals surface area contributed by atoms with E-state index >= 15 is 0 Å². The Hall–Kier alpha value is -3.29. The van der Waals surface area contributed by atoms with Gasteiger partial charge in [0.25, 0.3) is 5.91 Å². The fourth-order valence-corrected chi connectivity index (χ4v) is 2.97. The molecule has 0 N–H and O–H groups in total. The smallest absolute Gasteiger partial charge is 0.256 e. The standard InChI is InChI=1S/C19H15F2N3O3/c1-26-16-5-3-2-4-14(16)17-22-18(27-23-17)11-9-24(10-11)19(25)13-7-6-12(20)8-15(13)21/h2-8,11H,9-10H2,1H3. The minimum absolute atomic E-state index is 0.131. The van der Waals surface area contributed by atoms with Gasteiger partial charge in [-0.15, -0.1) is 0 Å². The topological polar surface area (TPSA) is 68.5 Å². The molecular weight excluding hydrogens is 356 g/mol. The predicted octanol–water partition coefficient (Wildman–Crippen LogP) is 3.26. The summed E-state index contributed by atoms with van der Waals surface area (Å²) in [6.45, 7) is 0.645. The molecule has 1 saturated heterocycles. The highest BCUT2D eigenvalue weighted by Gasteiger charge is 2.37. The van der Waals surface area contributed by atoms with Gasteiger partial charge in [0.05, 0.1) is 24.2 Å². The molecule has 1 aliphatic rings. The van der Waals surface area contributed by atoms with Crippen molar-refractivity contribution in [3.8, 4) is 17.1 Å². The van der Waals surface area contributed by atoms with E-state index in [0.29, 0.717) is 42.2 Å². The summed E-state index contributed by atoms with van der Waals surface area (Å²) < 4.78 is 37.4. The van der Waals surface area contributed by atoms with Gasteiger partial charge in [-0.1, -0.05) is 17.3 Å². The third-order valence-electron chi connectivity index (χ3n) is 4.47. The van der Waals surface area contributed by atoms with Crippen molar-refractivity contribution < 1.29 is 22.8 Å². The minimum Gasteiger partial charge on any atom is -0.496 e. The molecule has 1 aliphatic heterocycles.